The number of aryl methyl sites for hydroxylation is 1. The van der Waals surface area contributed by atoms with Crippen molar-refractivity contribution in [2.24, 2.45) is 0 Å². The Morgan fingerprint density at radius 1 is 1.36 bits per heavy atom. The molecule has 124 valence electrons. The molecule has 2 amide bonds. The largest absolute Gasteiger partial charge is 0.396 e. The van der Waals surface area contributed by atoms with Crippen LogP contribution in [0.2, 0.25) is 0 Å². The number of carbonyl (C=O) groups excluding carboxylic acids is 1. The highest BCUT2D eigenvalue weighted by molar-refractivity contribution is 5.74. The first kappa shape index (κ1) is 16.7. The number of hydrogen-bond donors (Lipinski definition) is 3. The zero-order valence-electron chi connectivity index (χ0n) is 13.6. The van der Waals surface area contributed by atoms with E-state index in [4.69, 9.17) is 5.11 Å². The highest BCUT2D eigenvalue weighted by Gasteiger charge is 2.24. The summed E-state index contributed by atoms with van der Waals surface area (Å²) >= 11 is 0. The standard InChI is InChI=1S/C15H27N5O2/c1-3-15(2,8-10-21)17-14(22)16-11-13-19-18-12-7-5-4-6-9-20(12)13/h21H,3-11H2,1-2H3,(H2,16,17,22). The lowest BCUT2D eigenvalue weighted by Gasteiger charge is -2.28. The fourth-order valence-corrected chi connectivity index (χ4v) is 2.73. The fourth-order valence-electron chi connectivity index (χ4n) is 2.73. The molecule has 0 saturated heterocycles. The number of nitrogens with one attached hydrogen (secondary N) is 2. The Kier molecular flexibility index (Phi) is 5.76. The first-order valence-electron chi connectivity index (χ1n) is 8.16. The maximum absolute atomic E-state index is 12.1. The minimum atomic E-state index is -0.388. The Labute approximate surface area is 131 Å². The van der Waals surface area contributed by atoms with E-state index in [-0.39, 0.29) is 18.2 Å². The predicted octanol–water partition coefficient (Wildman–Crippen LogP) is 1.35. The SMILES string of the molecule is CCC(C)(CCO)NC(=O)NCc1nnc2n1CCCCC2. The van der Waals surface area contributed by atoms with Crippen molar-refractivity contribution < 1.29 is 9.90 Å². The third kappa shape index (κ3) is 4.19. The summed E-state index contributed by atoms with van der Waals surface area (Å²) in [5.41, 5.74) is -0.388. The molecule has 3 N–H and O–H groups in total. The van der Waals surface area contributed by atoms with Crippen LogP contribution in [0.1, 0.15) is 57.6 Å². The molecular formula is C15H27N5O2. The van der Waals surface area contributed by atoms with Gasteiger partial charge in [-0.15, -0.1) is 10.2 Å². The molecule has 1 aliphatic rings. The summed E-state index contributed by atoms with van der Waals surface area (Å²) in [5, 5.41) is 23.3. The van der Waals surface area contributed by atoms with Crippen molar-refractivity contribution in [1.82, 2.24) is 25.4 Å². The van der Waals surface area contributed by atoms with Gasteiger partial charge in [0.2, 0.25) is 0 Å². The molecule has 2 heterocycles. The molecule has 0 radical (unpaired) electrons. The molecule has 0 spiro atoms. The van der Waals surface area contributed by atoms with Gasteiger partial charge in [-0.2, -0.15) is 0 Å². The van der Waals surface area contributed by atoms with Crippen LogP contribution in [-0.4, -0.2) is 38.0 Å². The van der Waals surface area contributed by atoms with Crippen LogP contribution in [0.15, 0.2) is 0 Å². The number of amides is 2. The minimum Gasteiger partial charge on any atom is -0.396 e. The molecule has 22 heavy (non-hydrogen) atoms. The number of carbonyl (C=O) groups is 1. The third-order valence-corrected chi connectivity index (χ3v) is 4.45. The van der Waals surface area contributed by atoms with Gasteiger partial charge >= 0.3 is 6.03 Å². The predicted molar refractivity (Wildman–Crippen MR) is 83.3 cm³/mol. The molecule has 0 aliphatic carbocycles. The van der Waals surface area contributed by atoms with E-state index < -0.39 is 0 Å². The molecule has 1 aromatic heterocycles. The molecule has 0 aromatic carbocycles. The van der Waals surface area contributed by atoms with Crippen LogP contribution in [-0.2, 0) is 19.5 Å². The second kappa shape index (κ2) is 7.58. The lowest BCUT2D eigenvalue weighted by atomic mass is 9.95. The average Bonchev–Trinajstić information content (AvgIpc) is 2.72. The Hall–Kier alpha value is -1.63. The Bertz CT molecular complexity index is 502. The van der Waals surface area contributed by atoms with Crippen molar-refractivity contribution in [3.8, 4) is 0 Å². The average molecular weight is 309 g/mol. The minimum absolute atomic E-state index is 0.0578. The van der Waals surface area contributed by atoms with E-state index in [0.717, 1.165) is 43.9 Å². The first-order valence-corrected chi connectivity index (χ1v) is 8.16. The van der Waals surface area contributed by atoms with Crippen LogP contribution >= 0.6 is 0 Å². The number of aliphatic hydroxyl groups excluding tert-OH is 1. The second-order valence-electron chi connectivity index (χ2n) is 6.19. The summed E-state index contributed by atoms with van der Waals surface area (Å²) < 4.78 is 2.13. The zero-order valence-corrected chi connectivity index (χ0v) is 13.6. The van der Waals surface area contributed by atoms with Crippen molar-refractivity contribution in [1.29, 1.82) is 0 Å². The number of aromatic nitrogens is 3. The first-order chi connectivity index (χ1) is 10.6. The molecule has 0 saturated carbocycles. The van der Waals surface area contributed by atoms with E-state index >= 15 is 0 Å². The van der Waals surface area contributed by atoms with Crippen LogP contribution in [0.25, 0.3) is 0 Å². The van der Waals surface area contributed by atoms with E-state index in [9.17, 15) is 4.79 Å². The molecule has 0 bridgehead atoms. The lowest BCUT2D eigenvalue weighted by molar-refractivity contribution is 0.200. The molecule has 1 aromatic rings. The highest BCUT2D eigenvalue weighted by Crippen LogP contribution is 2.15. The smallest absolute Gasteiger partial charge is 0.315 e. The van der Waals surface area contributed by atoms with E-state index in [2.05, 4.69) is 25.4 Å². The highest BCUT2D eigenvalue weighted by atomic mass is 16.3. The van der Waals surface area contributed by atoms with Crippen molar-refractivity contribution >= 4 is 6.03 Å². The summed E-state index contributed by atoms with van der Waals surface area (Å²) in [7, 11) is 0. The molecule has 1 atom stereocenters. The van der Waals surface area contributed by atoms with Gasteiger partial charge in [0.1, 0.15) is 5.82 Å². The van der Waals surface area contributed by atoms with Crippen molar-refractivity contribution in [3.05, 3.63) is 11.6 Å². The van der Waals surface area contributed by atoms with Crippen LogP contribution in [0.3, 0.4) is 0 Å². The molecule has 7 heteroatoms. The zero-order chi connectivity index (χ0) is 16.0. The van der Waals surface area contributed by atoms with E-state index in [1.807, 2.05) is 13.8 Å². The molecule has 2 rings (SSSR count). The van der Waals surface area contributed by atoms with Gasteiger partial charge in [-0.3, -0.25) is 0 Å². The van der Waals surface area contributed by atoms with Crippen molar-refractivity contribution in [2.75, 3.05) is 6.61 Å². The molecule has 1 aliphatic heterocycles. The maximum Gasteiger partial charge on any atom is 0.315 e. The Morgan fingerprint density at radius 2 is 2.18 bits per heavy atom. The van der Waals surface area contributed by atoms with Crippen molar-refractivity contribution in [3.63, 3.8) is 0 Å². The van der Waals surface area contributed by atoms with Crippen LogP contribution < -0.4 is 10.6 Å². The number of urea groups is 1. The Morgan fingerprint density at radius 3 is 2.91 bits per heavy atom. The lowest BCUT2D eigenvalue weighted by Crippen LogP contribution is -2.50. The van der Waals surface area contributed by atoms with E-state index in [1.54, 1.807) is 0 Å². The van der Waals surface area contributed by atoms with Gasteiger partial charge < -0.3 is 20.3 Å². The molecular weight excluding hydrogens is 282 g/mol. The van der Waals surface area contributed by atoms with Gasteiger partial charge in [0.25, 0.3) is 0 Å². The molecule has 7 nitrogen and oxygen atoms in total. The number of aliphatic hydroxyl groups is 1. The van der Waals surface area contributed by atoms with Gasteiger partial charge in [0.05, 0.1) is 6.54 Å². The summed E-state index contributed by atoms with van der Waals surface area (Å²) in [6.07, 6.45) is 5.77. The van der Waals surface area contributed by atoms with Gasteiger partial charge in [0, 0.05) is 25.1 Å². The molecule has 0 fully saturated rings. The topological polar surface area (TPSA) is 92.1 Å². The summed E-state index contributed by atoms with van der Waals surface area (Å²) in [5.74, 6) is 1.83. The number of hydrogen-bond acceptors (Lipinski definition) is 4. The fraction of sp³-hybridized carbons (Fsp3) is 0.800. The maximum atomic E-state index is 12.1. The summed E-state index contributed by atoms with van der Waals surface area (Å²) in [6.45, 7) is 5.29. The van der Waals surface area contributed by atoms with Gasteiger partial charge in [-0.25, -0.2) is 4.79 Å². The van der Waals surface area contributed by atoms with Gasteiger partial charge in [-0.1, -0.05) is 13.3 Å². The van der Waals surface area contributed by atoms with E-state index in [1.165, 1.54) is 6.42 Å². The normalized spacial score (nSPS) is 17.2. The quantitative estimate of drug-likeness (QED) is 0.740. The van der Waals surface area contributed by atoms with Crippen LogP contribution in [0.5, 0.6) is 0 Å². The number of fused-ring (bicyclic) bond motifs is 1. The van der Waals surface area contributed by atoms with Gasteiger partial charge in [0.15, 0.2) is 5.82 Å². The van der Waals surface area contributed by atoms with Crippen LogP contribution in [0.4, 0.5) is 4.79 Å². The third-order valence-electron chi connectivity index (χ3n) is 4.45. The number of nitrogens with zero attached hydrogens (tertiary/aromatic N) is 3. The van der Waals surface area contributed by atoms with Crippen LogP contribution in [0, 0.1) is 0 Å². The summed E-state index contributed by atoms with van der Waals surface area (Å²) in [6, 6.07) is -0.233. The second-order valence-corrected chi connectivity index (χ2v) is 6.19. The Balaban J connectivity index is 1.90. The monoisotopic (exact) mass is 309 g/mol. The van der Waals surface area contributed by atoms with E-state index in [0.29, 0.717) is 13.0 Å². The number of rotatable bonds is 6. The molecule has 1 unspecified atom stereocenters. The van der Waals surface area contributed by atoms with Crippen molar-refractivity contribution in [2.45, 2.75) is 71.0 Å². The van der Waals surface area contributed by atoms with Gasteiger partial charge in [-0.05, 0) is 32.6 Å². The summed E-state index contributed by atoms with van der Waals surface area (Å²) in [4.78, 5) is 12.1.